The van der Waals surface area contributed by atoms with Crippen LogP contribution in [0.15, 0.2) is 24.3 Å². The van der Waals surface area contributed by atoms with Crippen LogP contribution in [0.3, 0.4) is 0 Å². The molecule has 1 aromatic rings. The SMILES string of the molecule is NCC1COC(=O)c2ccccc21. The van der Waals surface area contributed by atoms with E-state index in [0.717, 1.165) is 5.56 Å². The minimum atomic E-state index is -0.236. The zero-order valence-electron chi connectivity index (χ0n) is 7.19. The van der Waals surface area contributed by atoms with Gasteiger partial charge < -0.3 is 10.5 Å². The van der Waals surface area contributed by atoms with Crippen LogP contribution in [-0.4, -0.2) is 19.1 Å². The molecule has 68 valence electrons. The molecule has 0 amide bonds. The summed E-state index contributed by atoms with van der Waals surface area (Å²) >= 11 is 0. The average molecular weight is 177 g/mol. The number of benzene rings is 1. The van der Waals surface area contributed by atoms with Gasteiger partial charge >= 0.3 is 5.97 Å². The minimum Gasteiger partial charge on any atom is -0.461 e. The van der Waals surface area contributed by atoms with Crippen LogP contribution < -0.4 is 5.73 Å². The number of hydrogen-bond donors (Lipinski definition) is 1. The van der Waals surface area contributed by atoms with Gasteiger partial charge in [0.2, 0.25) is 0 Å². The molecule has 1 heterocycles. The van der Waals surface area contributed by atoms with E-state index in [0.29, 0.717) is 18.7 Å². The molecule has 0 aromatic heterocycles. The van der Waals surface area contributed by atoms with Crippen LogP contribution in [0.4, 0.5) is 0 Å². The number of carbonyl (C=O) groups is 1. The lowest BCUT2D eigenvalue weighted by Crippen LogP contribution is -2.27. The highest BCUT2D eigenvalue weighted by molar-refractivity contribution is 5.92. The molecule has 0 bridgehead atoms. The van der Waals surface area contributed by atoms with Gasteiger partial charge in [-0.05, 0) is 11.6 Å². The molecule has 1 aliphatic heterocycles. The van der Waals surface area contributed by atoms with Gasteiger partial charge in [0.15, 0.2) is 0 Å². The van der Waals surface area contributed by atoms with E-state index in [1.165, 1.54) is 0 Å². The van der Waals surface area contributed by atoms with Crippen LogP contribution >= 0.6 is 0 Å². The number of esters is 1. The van der Waals surface area contributed by atoms with E-state index < -0.39 is 0 Å². The van der Waals surface area contributed by atoms with Gasteiger partial charge in [-0.3, -0.25) is 0 Å². The number of rotatable bonds is 1. The quantitative estimate of drug-likeness (QED) is 0.648. The normalized spacial score (nSPS) is 20.7. The Balaban J connectivity index is 2.47. The fourth-order valence-corrected chi connectivity index (χ4v) is 1.58. The second-order valence-electron chi connectivity index (χ2n) is 3.12. The molecule has 1 unspecified atom stereocenters. The molecule has 1 aliphatic rings. The molecule has 0 aliphatic carbocycles. The third-order valence-corrected chi connectivity index (χ3v) is 2.32. The smallest absolute Gasteiger partial charge is 0.338 e. The van der Waals surface area contributed by atoms with Crippen molar-refractivity contribution < 1.29 is 9.53 Å². The van der Waals surface area contributed by atoms with E-state index in [-0.39, 0.29) is 11.9 Å². The Hall–Kier alpha value is -1.35. The van der Waals surface area contributed by atoms with Gasteiger partial charge in [0, 0.05) is 12.5 Å². The van der Waals surface area contributed by atoms with Crippen molar-refractivity contribution in [1.29, 1.82) is 0 Å². The van der Waals surface area contributed by atoms with Gasteiger partial charge in [0.25, 0.3) is 0 Å². The zero-order chi connectivity index (χ0) is 9.26. The standard InChI is InChI=1S/C10H11NO2/c11-5-7-6-13-10(12)9-4-2-1-3-8(7)9/h1-4,7H,5-6,11H2. The molecule has 1 aromatic carbocycles. The van der Waals surface area contributed by atoms with Crippen molar-refractivity contribution in [3.63, 3.8) is 0 Å². The number of nitrogens with two attached hydrogens (primary N) is 1. The highest BCUT2D eigenvalue weighted by Crippen LogP contribution is 2.25. The Morgan fingerprint density at radius 3 is 3.00 bits per heavy atom. The summed E-state index contributed by atoms with van der Waals surface area (Å²) < 4.78 is 4.99. The molecule has 3 nitrogen and oxygen atoms in total. The Kier molecular flexibility index (Phi) is 2.02. The molecule has 1 atom stereocenters. The Morgan fingerprint density at radius 1 is 1.46 bits per heavy atom. The predicted molar refractivity (Wildman–Crippen MR) is 48.5 cm³/mol. The first kappa shape index (κ1) is 8.26. The Morgan fingerprint density at radius 2 is 2.23 bits per heavy atom. The van der Waals surface area contributed by atoms with Crippen LogP contribution in [0.25, 0.3) is 0 Å². The molecular formula is C10H11NO2. The molecule has 13 heavy (non-hydrogen) atoms. The monoisotopic (exact) mass is 177 g/mol. The van der Waals surface area contributed by atoms with Gasteiger partial charge in [-0.1, -0.05) is 18.2 Å². The first-order valence-electron chi connectivity index (χ1n) is 4.29. The van der Waals surface area contributed by atoms with Crippen LogP contribution in [0.2, 0.25) is 0 Å². The van der Waals surface area contributed by atoms with Crippen molar-refractivity contribution in [1.82, 2.24) is 0 Å². The maximum absolute atomic E-state index is 11.3. The van der Waals surface area contributed by atoms with E-state index in [1.54, 1.807) is 6.07 Å². The predicted octanol–water partition coefficient (Wildman–Crippen LogP) is 0.899. The van der Waals surface area contributed by atoms with Gasteiger partial charge in [-0.2, -0.15) is 0 Å². The zero-order valence-corrected chi connectivity index (χ0v) is 7.19. The van der Waals surface area contributed by atoms with Gasteiger partial charge in [-0.15, -0.1) is 0 Å². The van der Waals surface area contributed by atoms with Gasteiger partial charge in [0.05, 0.1) is 12.2 Å². The van der Waals surface area contributed by atoms with Crippen molar-refractivity contribution >= 4 is 5.97 Å². The number of cyclic esters (lactones) is 1. The molecular weight excluding hydrogens is 166 g/mol. The molecule has 3 heteroatoms. The molecule has 0 radical (unpaired) electrons. The van der Waals surface area contributed by atoms with Gasteiger partial charge in [0.1, 0.15) is 0 Å². The summed E-state index contributed by atoms with van der Waals surface area (Å²) in [5.41, 5.74) is 7.24. The van der Waals surface area contributed by atoms with Crippen LogP contribution in [0, 0.1) is 0 Å². The Labute approximate surface area is 76.5 Å². The molecule has 0 saturated heterocycles. The van der Waals surface area contributed by atoms with E-state index in [9.17, 15) is 4.79 Å². The van der Waals surface area contributed by atoms with E-state index in [1.807, 2.05) is 18.2 Å². The number of ether oxygens (including phenoxy) is 1. The van der Waals surface area contributed by atoms with E-state index in [4.69, 9.17) is 10.5 Å². The molecule has 2 N–H and O–H groups in total. The summed E-state index contributed by atoms with van der Waals surface area (Å²) in [6.45, 7) is 0.927. The van der Waals surface area contributed by atoms with Crippen LogP contribution in [-0.2, 0) is 4.74 Å². The summed E-state index contributed by atoms with van der Waals surface area (Å²) in [5, 5.41) is 0. The first-order valence-corrected chi connectivity index (χ1v) is 4.29. The number of fused-ring (bicyclic) bond motifs is 1. The van der Waals surface area contributed by atoms with E-state index >= 15 is 0 Å². The van der Waals surface area contributed by atoms with Crippen molar-refractivity contribution in [3.8, 4) is 0 Å². The van der Waals surface area contributed by atoms with Crippen LogP contribution in [0.1, 0.15) is 21.8 Å². The largest absolute Gasteiger partial charge is 0.461 e. The number of hydrogen-bond acceptors (Lipinski definition) is 3. The summed E-state index contributed by atoms with van der Waals surface area (Å²) in [4.78, 5) is 11.3. The Bertz CT molecular complexity index is 335. The van der Waals surface area contributed by atoms with Crippen LogP contribution in [0.5, 0.6) is 0 Å². The summed E-state index contributed by atoms with van der Waals surface area (Å²) in [6, 6.07) is 7.46. The lowest BCUT2D eigenvalue weighted by atomic mass is 9.93. The average Bonchev–Trinajstić information content (AvgIpc) is 2.19. The van der Waals surface area contributed by atoms with E-state index in [2.05, 4.69) is 0 Å². The minimum absolute atomic E-state index is 0.161. The molecule has 0 spiro atoms. The maximum Gasteiger partial charge on any atom is 0.338 e. The second-order valence-corrected chi connectivity index (χ2v) is 3.12. The van der Waals surface area contributed by atoms with Crippen molar-refractivity contribution in [2.75, 3.05) is 13.2 Å². The third kappa shape index (κ3) is 1.31. The molecule has 0 fully saturated rings. The summed E-state index contributed by atoms with van der Waals surface area (Å²) in [6.07, 6.45) is 0. The second kappa shape index (κ2) is 3.18. The third-order valence-electron chi connectivity index (χ3n) is 2.32. The summed E-state index contributed by atoms with van der Waals surface area (Å²) in [5.74, 6) is -0.0748. The molecule has 0 saturated carbocycles. The highest BCUT2D eigenvalue weighted by Gasteiger charge is 2.24. The summed E-state index contributed by atoms with van der Waals surface area (Å²) in [7, 11) is 0. The molecule has 2 rings (SSSR count). The fraction of sp³-hybridized carbons (Fsp3) is 0.300. The lowest BCUT2D eigenvalue weighted by molar-refractivity contribution is 0.0444. The van der Waals surface area contributed by atoms with Crippen molar-refractivity contribution in [2.24, 2.45) is 5.73 Å². The lowest BCUT2D eigenvalue weighted by Gasteiger charge is -2.23. The number of carbonyl (C=O) groups excluding carboxylic acids is 1. The van der Waals surface area contributed by atoms with Gasteiger partial charge in [-0.25, -0.2) is 4.79 Å². The van der Waals surface area contributed by atoms with Crippen molar-refractivity contribution in [3.05, 3.63) is 35.4 Å². The first-order chi connectivity index (χ1) is 6.33. The maximum atomic E-state index is 11.3. The fourth-order valence-electron chi connectivity index (χ4n) is 1.58. The topological polar surface area (TPSA) is 52.3 Å². The highest BCUT2D eigenvalue weighted by atomic mass is 16.5. The van der Waals surface area contributed by atoms with Crippen molar-refractivity contribution in [2.45, 2.75) is 5.92 Å².